The minimum absolute atomic E-state index is 0.111. The lowest BCUT2D eigenvalue weighted by atomic mass is 10.1. The van der Waals surface area contributed by atoms with Gasteiger partial charge in [0.2, 0.25) is 5.91 Å². The zero-order chi connectivity index (χ0) is 24.7. The molecule has 0 radical (unpaired) electrons. The first-order valence-electron chi connectivity index (χ1n) is 12.1. The number of ether oxygens (including phenoxy) is 1. The first-order valence-corrected chi connectivity index (χ1v) is 12.1. The smallest absolute Gasteiger partial charge is 0.236 e. The van der Waals surface area contributed by atoms with E-state index in [0.717, 1.165) is 41.5 Å². The van der Waals surface area contributed by atoms with Gasteiger partial charge in [-0.05, 0) is 47.5 Å². The number of hydrogen-bond donors (Lipinski definition) is 1. The summed E-state index contributed by atoms with van der Waals surface area (Å²) in [6.07, 6.45) is 7.34. The molecule has 0 atom stereocenters. The van der Waals surface area contributed by atoms with Gasteiger partial charge in [0, 0.05) is 56.1 Å². The SMILES string of the molecule is COc1cccc(CN(Cc2ccc(-n3ccnc3)cc2)c2ccnc(CN3CCNCC3=O)c2)c1. The van der Waals surface area contributed by atoms with Crippen LogP contribution in [0.2, 0.25) is 0 Å². The molecule has 1 aliphatic rings. The number of anilines is 1. The number of pyridine rings is 1. The number of piperazine rings is 1. The van der Waals surface area contributed by atoms with Crippen molar-refractivity contribution in [3.05, 3.63) is 102 Å². The lowest BCUT2D eigenvalue weighted by Crippen LogP contribution is -2.47. The van der Waals surface area contributed by atoms with Crippen LogP contribution >= 0.6 is 0 Å². The Balaban J connectivity index is 1.40. The molecule has 2 aromatic heterocycles. The van der Waals surface area contributed by atoms with Crippen LogP contribution in [0.3, 0.4) is 0 Å². The summed E-state index contributed by atoms with van der Waals surface area (Å²) in [5, 5.41) is 3.12. The Labute approximate surface area is 211 Å². The molecule has 8 nitrogen and oxygen atoms in total. The maximum Gasteiger partial charge on any atom is 0.236 e. The van der Waals surface area contributed by atoms with Gasteiger partial charge in [-0.2, -0.15) is 0 Å². The molecule has 184 valence electrons. The van der Waals surface area contributed by atoms with Crippen LogP contribution in [0.25, 0.3) is 5.69 Å². The lowest BCUT2D eigenvalue weighted by Gasteiger charge is -2.28. The molecular weight excluding hydrogens is 452 g/mol. The summed E-state index contributed by atoms with van der Waals surface area (Å²) >= 11 is 0. The summed E-state index contributed by atoms with van der Waals surface area (Å²) in [6.45, 7) is 3.83. The van der Waals surface area contributed by atoms with Gasteiger partial charge in [0.1, 0.15) is 5.75 Å². The normalized spacial score (nSPS) is 13.6. The Kier molecular flexibility index (Phi) is 7.23. The van der Waals surface area contributed by atoms with Crippen molar-refractivity contribution in [1.29, 1.82) is 0 Å². The predicted molar refractivity (Wildman–Crippen MR) is 139 cm³/mol. The Morgan fingerprint density at radius 3 is 2.67 bits per heavy atom. The molecule has 1 amide bonds. The van der Waals surface area contributed by atoms with E-state index in [1.165, 1.54) is 5.56 Å². The topological polar surface area (TPSA) is 75.5 Å². The van der Waals surface area contributed by atoms with Gasteiger partial charge in [-0.1, -0.05) is 24.3 Å². The van der Waals surface area contributed by atoms with Crippen molar-refractivity contribution in [3.8, 4) is 11.4 Å². The van der Waals surface area contributed by atoms with Crippen molar-refractivity contribution in [2.45, 2.75) is 19.6 Å². The van der Waals surface area contributed by atoms with E-state index in [0.29, 0.717) is 26.2 Å². The van der Waals surface area contributed by atoms with E-state index in [2.05, 4.69) is 62.6 Å². The van der Waals surface area contributed by atoms with Gasteiger partial charge in [-0.25, -0.2) is 4.98 Å². The molecule has 1 N–H and O–H groups in total. The molecule has 4 aromatic rings. The van der Waals surface area contributed by atoms with Crippen LogP contribution in [-0.2, 0) is 24.4 Å². The van der Waals surface area contributed by atoms with Crippen molar-refractivity contribution in [3.63, 3.8) is 0 Å². The van der Waals surface area contributed by atoms with E-state index in [9.17, 15) is 4.79 Å². The van der Waals surface area contributed by atoms with Crippen molar-refractivity contribution in [1.82, 2.24) is 24.8 Å². The number of imidazole rings is 1. The van der Waals surface area contributed by atoms with Gasteiger partial charge in [-0.15, -0.1) is 0 Å². The number of amides is 1. The zero-order valence-corrected chi connectivity index (χ0v) is 20.4. The van der Waals surface area contributed by atoms with Gasteiger partial charge in [0.25, 0.3) is 0 Å². The second-order valence-electron chi connectivity index (χ2n) is 8.84. The number of aromatic nitrogens is 3. The molecule has 0 saturated carbocycles. The highest BCUT2D eigenvalue weighted by molar-refractivity contribution is 5.79. The van der Waals surface area contributed by atoms with Gasteiger partial charge in [0.05, 0.1) is 32.2 Å². The highest BCUT2D eigenvalue weighted by Gasteiger charge is 2.19. The summed E-state index contributed by atoms with van der Waals surface area (Å²) in [5.41, 5.74) is 5.36. The Hall–Kier alpha value is -4.17. The molecule has 1 fully saturated rings. The number of carbonyl (C=O) groups excluding carboxylic acids is 1. The Morgan fingerprint density at radius 1 is 1.03 bits per heavy atom. The third-order valence-corrected chi connectivity index (χ3v) is 6.33. The van der Waals surface area contributed by atoms with E-state index in [4.69, 9.17) is 4.74 Å². The summed E-state index contributed by atoms with van der Waals surface area (Å²) in [6, 6.07) is 20.8. The van der Waals surface area contributed by atoms with E-state index in [1.54, 1.807) is 19.6 Å². The number of benzene rings is 2. The average molecular weight is 483 g/mol. The third-order valence-electron chi connectivity index (χ3n) is 6.33. The highest BCUT2D eigenvalue weighted by atomic mass is 16.5. The molecule has 1 aliphatic heterocycles. The maximum atomic E-state index is 12.3. The fourth-order valence-electron chi connectivity index (χ4n) is 4.39. The summed E-state index contributed by atoms with van der Waals surface area (Å²) < 4.78 is 7.43. The third kappa shape index (κ3) is 5.72. The van der Waals surface area contributed by atoms with Gasteiger partial charge >= 0.3 is 0 Å². The standard InChI is InChI=1S/C28H30N6O2/c1-36-27-4-2-3-23(15-27)19-34(18-22-5-7-25(8-6-22)33-14-12-30-21-33)26-9-10-31-24(16-26)20-32-13-11-29-17-28(32)35/h2-10,12,14-16,21,29H,11,13,17-20H2,1H3. The van der Waals surface area contributed by atoms with Crippen LogP contribution in [0, 0.1) is 0 Å². The molecule has 3 heterocycles. The van der Waals surface area contributed by atoms with Crippen LogP contribution < -0.4 is 15.0 Å². The summed E-state index contributed by atoms with van der Waals surface area (Å²) in [4.78, 5) is 25.2. The minimum atomic E-state index is 0.111. The predicted octanol–water partition coefficient (Wildman–Crippen LogP) is 3.41. The first kappa shape index (κ1) is 23.6. The Bertz CT molecular complexity index is 1290. The largest absolute Gasteiger partial charge is 0.497 e. The molecule has 0 unspecified atom stereocenters. The molecule has 8 heteroatoms. The van der Waals surface area contributed by atoms with Crippen molar-refractivity contribution in [2.75, 3.05) is 31.6 Å². The fraction of sp³-hybridized carbons (Fsp3) is 0.250. The maximum absolute atomic E-state index is 12.3. The van der Waals surface area contributed by atoms with Crippen molar-refractivity contribution >= 4 is 11.6 Å². The van der Waals surface area contributed by atoms with Crippen LogP contribution in [0.15, 0.2) is 85.6 Å². The first-order chi connectivity index (χ1) is 17.7. The molecule has 1 saturated heterocycles. The average Bonchev–Trinajstić information content (AvgIpc) is 3.46. The number of methoxy groups -OCH3 is 1. The molecule has 36 heavy (non-hydrogen) atoms. The van der Waals surface area contributed by atoms with Crippen LogP contribution in [0.1, 0.15) is 16.8 Å². The lowest BCUT2D eigenvalue weighted by molar-refractivity contribution is -0.132. The number of nitrogens with zero attached hydrogens (tertiary/aromatic N) is 5. The van der Waals surface area contributed by atoms with Gasteiger partial charge in [-0.3, -0.25) is 9.78 Å². The van der Waals surface area contributed by atoms with E-state index in [1.807, 2.05) is 40.1 Å². The van der Waals surface area contributed by atoms with Crippen LogP contribution in [0.4, 0.5) is 5.69 Å². The van der Waals surface area contributed by atoms with Gasteiger partial charge < -0.3 is 24.4 Å². The van der Waals surface area contributed by atoms with Crippen LogP contribution in [0.5, 0.6) is 5.75 Å². The van der Waals surface area contributed by atoms with E-state index in [-0.39, 0.29) is 5.91 Å². The monoisotopic (exact) mass is 482 g/mol. The molecular formula is C28H30N6O2. The number of nitrogens with one attached hydrogen (secondary N) is 1. The quantitative estimate of drug-likeness (QED) is 0.394. The van der Waals surface area contributed by atoms with Crippen molar-refractivity contribution < 1.29 is 9.53 Å². The number of hydrogen-bond acceptors (Lipinski definition) is 6. The second kappa shape index (κ2) is 11.0. The van der Waals surface area contributed by atoms with E-state index >= 15 is 0 Å². The Morgan fingerprint density at radius 2 is 1.89 bits per heavy atom. The minimum Gasteiger partial charge on any atom is -0.497 e. The summed E-state index contributed by atoms with van der Waals surface area (Å²) in [5.74, 6) is 0.949. The molecule has 5 rings (SSSR count). The second-order valence-corrected chi connectivity index (χ2v) is 8.84. The molecule has 0 aliphatic carbocycles. The zero-order valence-electron chi connectivity index (χ0n) is 20.4. The van der Waals surface area contributed by atoms with Crippen molar-refractivity contribution in [2.24, 2.45) is 0 Å². The molecule has 0 bridgehead atoms. The number of rotatable bonds is 9. The van der Waals surface area contributed by atoms with Gasteiger partial charge in [0.15, 0.2) is 0 Å². The molecule has 2 aromatic carbocycles. The molecule has 0 spiro atoms. The van der Waals surface area contributed by atoms with Crippen LogP contribution in [-0.4, -0.2) is 52.1 Å². The summed E-state index contributed by atoms with van der Waals surface area (Å²) in [7, 11) is 1.69. The fourth-order valence-corrected chi connectivity index (χ4v) is 4.39. The van der Waals surface area contributed by atoms with E-state index < -0.39 is 0 Å². The highest BCUT2D eigenvalue weighted by Crippen LogP contribution is 2.24. The number of carbonyl (C=O) groups is 1.